The molecule has 1 aromatic rings. The van der Waals surface area contributed by atoms with Gasteiger partial charge >= 0.3 is 5.97 Å². The van der Waals surface area contributed by atoms with Crippen LogP contribution in [0.25, 0.3) is 0 Å². The van der Waals surface area contributed by atoms with Gasteiger partial charge in [-0.15, -0.1) is 0 Å². The van der Waals surface area contributed by atoms with Crippen LogP contribution in [0.3, 0.4) is 0 Å². The summed E-state index contributed by atoms with van der Waals surface area (Å²) in [5.41, 5.74) is 1.06. The zero-order valence-corrected chi connectivity index (χ0v) is 8.40. The summed E-state index contributed by atoms with van der Waals surface area (Å²) in [6, 6.07) is 9.74. The van der Waals surface area contributed by atoms with Crippen LogP contribution in [-0.4, -0.2) is 12.3 Å². The minimum absolute atomic E-state index is 0.328. The third kappa shape index (κ3) is 4.05. The predicted molar refractivity (Wildman–Crippen MR) is 52.5 cm³/mol. The topological polar surface area (TPSA) is 35.5 Å². The van der Waals surface area contributed by atoms with Crippen LogP contribution in [0.2, 0.25) is 0 Å². The molecule has 0 amide bonds. The smallest absolute Gasteiger partial charge is 0.304 e. The van der Waals surface area contributed by atoms with E-state index in [1.54, 1.807) is 6.92 Å². The lowest BCUT2D eigenvalue weighted by atomic mass is 10.2. The standard InChI is InChI=1S/C11H14O3/c1-9(12)14-10(2)13-8-11-6-4-3-5-7-11/h3-7,10H,8H2,1-2H3/t10-/m0/s1. The van der Waals surface area contributed by atoms with Crippen LogP contribution in [0, 0.1) is 0 Å². The molecule has 1 rings (SSSR count). The molecule has 0 saturated heterocycles. The maximum Gasteiger partial charge on any atom is 0.304 e. The van der Waals surface area contributed by atoms with Crippen molar-refractivity contribution in [3.8, 4) is 0 Å². The fraction of sp³-hybridized carbons (Fsp3) is 0.364. The first kappa shape index (κ1) is 10.7. The Morgan fingerprint density at radius 1 is 1.36 bits per heavy atom. The monoisotopic (exact) mass is 194 g/mol. The van der Waals surface area contributed by atoms with Gasteiger partial charge in [-0.1, -0.05) is 30.3 Å². The van der Waals surface area contributed by atoms with Crippen LogP contribution in [-0.2, 0) is 20.9 Å². The zero-order chi connectivity index (χ0) is 10.4. The maximum atomic E-state index is 10.6. The molecule has 1 atom stereocenters. The SMILES string of the molecule is CC(=O)O[C@@H](C)OCc1ccccc1. The van der Waals surface area contributed by atoms with E-state index in [-0.39, 0.29) is 5.97 Å². The maximum absolute atomic E-state index is 10.6. The summed E-state index contributed by atoms with van der Waals surface area (Å²) in [4.78, 5) is 10.6. The van der Waals surface area contributed by atoms with Crippen LogP contribution in [0.15, 0.2) is 30.3 Å². The van der Waals surface area contributed by atoms with Gasteiger partial charge in [0, 0.05) is 6.92 Å². The van der Waals surface area contributed by atoms with E-state index < -0.39 is 6.29 Å². The van der Waals surface area contributed by atoms with Gasteiger partial charge in [0.15, 0.2) is 6.29 Å². The first-order valence-corrected chi connectivity index (χ1v) is 4.51. The fourth-order valence-corrected chi connectivity index (χ4v) is 1.06. The van der Waals surface area contributed by atoms with Crippen molar-refractivity contribution in [1.82, 2.24) is 0 Å². The van der Waals surface area contributed by atoms with Crippen molar-refractivity contribution in [3.63, 3.8) is 0 Å². The summed E-state index contributed by atoms with van der Waals surface area (Å²) in [6.45, 7) is 3.52. The van der Waals surface area contributed by atoms with Gasteiger partial charge in [-0.05, 0) is 12.5 Å². The van der Waals surface area contributed by atoms with Crippen molar-refractivity contribution < 1.29 is 14.3 Å². The lowest BCUT2D eigenvalue weighted by Crippen LogP contribution is -2.15. The summed E-state index contributed by atoms with van der Waals surface area (Å²) in [6.07, 6.45) is -0.493. The molecule has 0 heterocycles. The van der Waals surface area contributed by atoms with Crippen molar-refractivity contribution in [2.45, 2.75) is 26.7 Å². The highest BCUT2D eigenvalue weighted by molar-refractivity contribution is 5.65. The number of carbonyl (C=O) groups is 1. The Kier molecular flexibility index (Phi) is 4.13. The Balaban J connectivity index is 2.30. The van der Waals surface area contributed by atoms with E-state index in [4.69, 9.17) is 9.47 Å². The third-order valence-corrected chi connectivity index (χ3v) is 1.66. The van der Waals surface area contributed by atoms with Crippen molar-refractivity contribution in [3.05, 3.63) is 35.9 Å². The highest BCUT2D eigenvalue weighted by Gasteiger charge is 2.04. The number of rotatable bonds is 4. The Morgan fingerprint density at radius 3 is 2.57 bits per heavy atom. The summed E-state index contributed by atoms with van der Waals surface area (Å²) in [5.74, 6) is -0.328. The van der Waals surface area contributed by atoms with Gasteiger partial charge < -0.3 is 9.47 Å². The van der Waals surface area contributed by atoms with E-state index in [2.05, 4.69) is 0 Å². The molecule has 0 aliphatic heterocycles. The number of hydrogen-bond donors (Lipinski definition) is 0. The van der Waals surface area contributed by atoms with E-state index in [0.29, 0.717) is 6.61 Å². The molecule has 0 aliphatic carbocycles. The molecule has 0 fully saturated rings. The average Bonchev–Trinajstić information content (AvgIpc) is 2.15. The van der Waals surface area contributed by atoms with Crippen LogP contribution in [0.5, 0.6) is 0 Å². The minimum atomic E-state index is -0.493. The van der Waals surface area contributed by atoms with Crippen molar-refractivity contribution in [2.24, 2.45) is 0 Å². The summed E-state index contributed by atoms with van der Waals surface area (Å²) >= 11 is 0. The van der Waals surface area contributed by atoms with Crippen LogP contribution in [0.4, 0.5) is 0 Å². The molecule has 0 unspecified atom stereocenters. The Bertz CT molecular complexity index is 282. The van der Waals surface area contributed by atoms with Crippen LogP contribution < -0.4 is 0 Å². The average molecular weight is 194 g/mol. The molecule has 3 heteroatoms. The molecule has 0 saturated carbocycles. The van der Waals surface area contributed by atoms with E-state index >= 15 is 0 Å². The molecular weight excluding hydrogens is 180 g/mol. The van der Waals surface area contributed by atoms with Gasteiger partial charge in [0.05, 0.1) is 6.61 Å². The first-order valence-electron chi connectivity index (χ1n) is 4.51. The molecule has 76 valence electrons. The van der Waals surface area contributed by atoms with Crippen molar-refractivity contribution in [1.29, 1.82) is 0 Å². The highest BCUT2D eigenvalue weighted by atomic mass is 16.7. The van der Waals surface area contributed by atoms with E-state index in [1.165, 1.54) is 6.92 Å². The second-order valence-electron chi connectivity index (χ2n) is 2.97. The Morgan fingerprint density at radius 2 is 2.00 bits per heavy atom. The largest absolute Gasteiger partial charge is 0.436 e. The molecule has 0 aliphatic rings. The number of benzene rings is 1. The van der Waals surface area contributed by atoms with Gasteiger partial charge in [-0.2, -0.15) is 0 Å². The number of hydrogen-bond acceptors (Lipinski definition) is 3. The molecule has 0 radical (unpaired) electrons. The minimum Gasteiger partial charge on any atom is -0.436 e. The number of carbonyl (C=O) groups excluding carboxylic acids is 1. The molecule has 0 N–H and O–H groups in total. The summed E-state index contributed by atoms with van der Waals surface area (Å²) in [7, 11) is 0. The van der Waals surface area contributed by atoms with Gasteiger partial charge in [0.2, 0.25) is 0 Å². The predicted octanol–water partition coefficient (Wildman–Crippen LogP) is 2.11. The molecule has 0 spiro atoms. The second kappa shape index (κ2) is 5.40. The first-order chi connectivity index (χ1) is 6.68. The van der Waals surface area contributed by atoms with E-state index in [9.17, 15) is 4.79 Å². The molecule has 14 heavy (non-hydrogen) atoms. The molecule has 3 nitrogen and oxygen atoms in total. The van der Waals surface area contributed by atoms with Gasteiger partial charge in [0.1, 0.15) is 0 Å². The lowest BCUT2D eigenvalue weighted by Gasteiger charge is -2.12. The van der Waals surface area contributed by atoms with Crippen molar-refractivity contribution >= 4 is 5.97 Å². The van der Waals surface area contributed by atoms with Crippen LogP contribution in [0.1, 0.15) is 19.4 Å². The summed E-state index contributed by atoms with van der Waals surface area (Å²) < 4.78 is 10.1. The highest BCUT2D eigenvalue weighted by Crippen LogP contribution is 2.03. The molecule has 0 aromatic heterocycles. The van der Waals surface area contributed by atoms with E-state index in [0.717, 1.165) is 5.56 Å². The summed E-state index contributed by atoms with van der Waals surface area (Å²) in [5, 5.41) is 0. The lowest BCUT2D eigenvalue weighted by molar-refractivity contribution is -0.174. The van der Waals surface area contributed by atoms with Crippen molar-refractivity contribution in [2.75, 3.05) is 0 Å². The fourth-order valence-electron chi connectivity index (χ4n) is 1.06. The Hall–Kier alpha value is -1.35. The zero-order valence-electron chi connectivity index (χ0n) is 8.40. The quantitative estimate of drug-likeness (QED) is 0.544. The van der Waals surface area contributed by atoms with E-state index in [1.807, 2.05) is 30.3 Å². The second-order valence-corrected chi connectivity index (χ2v) is 2.97. The Labute approximate surface area is 83.6 Å². The third-order valence-electron chi connectivity index (χ3n) is 1.66. The van der Waals surface area contributed by atoms with Gasteiger partial charge in [-0.25, -0.2) is 0 Å². The van der Waals surface area contributed by atoms with Crippen LogP contribution >= 0.6 is 0 Å². The molecule has 0 bridgehead atoms. The number of esters is 1. The molecular formula is C11H14O3. The molecule has 1 aromatic carbocycles. The normalized spacial score (nSPS) is 12.1. The van der Waals surface area contributed by atoms with Gasteiger partial charge in [-0.3, -0.25) is 4.79 Å². The number of ether oxygens (including phenoxy) is 2. The van der Waals surface area contributed by atoms with Gasteiger partial charge in [0.25, 0.3) is 0 Å².